The zero-order valence-electron chi connectivity index (χ0n) is 9.57. The Balaban J connectivity index is 2.11. The van der Waals surface area contributed by atoms with Crippen molar-refractivity contribution in [1.29, 1.82) is 0 Å². The predicted octanol–water partition coefficient (Wildman–Crippen LogP) is 4.50. The van der Waals surface area contributed by atoms with Gasteiger partial charge in [0.15, 0.2) is 5.78 Å². The molecule has 0 bridgehead atoms. The first kappa shape index (κ1) is 12.5. The van der Waals surface area contributed by atoms with Crippen LogP contribution in [0.15, 0.2) is 40.9 Å². The van der Waals surface area contributed by atoms with Crippen molar-refractivity contribution in [2.24, 2.45) is 0 Å². The minimum Gasteiger partial charge on any atom is -0.293 e. The molecule has 0 aliphatic rings. The second-order valence-electron chi connectivity index (χ2n) is 3.85. The van der Waals surface area contributed by atoms with E-state index in [9.17, 15) is 4.79 Å². The number of benzene rings is 1. The van der Waals surface area contributed by atoms with Gasteiger partial charge < -0.3 is 0 Å². The molecule has 17 heavy (non-hydrogen) atoms. The third-order valence-electron chi connectivity index (χ3n) is 2.54. The van der Waals surface area contributed by atoms with Gasteiger partial charge in [0.05, 0.1) is 4.88 Å². The smallest absolute Gasteiger partial charge is 0.177 e. The number of Topliss-reactive ketones (excluding diaryl/α,β-unsaturated/α-hetero) is 1. The van der Waals surface area contributed by atoms with E-state index in [4.69, 9.17) is 0 Å². The lowest BCUT2D eigenvalue weighted by atomic mass is 10.1. The van der Waals surface area contributed by atoms with E-state index in [-0.39, 0.29) is 5.78 Å². The largest absolute Gasteiger partial charge is 0.293 e. The summed E-state index contributed by atoms with van der Waals surface area (Å²) in [6.45, 7) is 2.11. The van der Waals surface area contributed by atoms with Crippen molar-refractivity contribution in [3.8, 4) is 0 Å². The van der Waals surface area contributed by atoms with Gasteiger partial charge in [-0.15, -0.1) is 11.3 Å². The van der Waals surface area contributed by atoms with E-state index in [1.165, 1.54) is 4.88 Å². The average molecular weight is 309 g/mol. The SMILES string of the molecule is CCc1ccc(C(=O)Cc2cccc(Br)c2)s1. The quantitative estimate of drug-likeness (QED) is 0.760. The van der Waals surface area contributed by atoms with Gasteiger partial charge in [-0.05, 0) is 36.2 Å². The zero-order chi connectivity index (χ0) is 12.3. The molecule has 0 spiro atoms. The third kappa shape index (κ3) is 3.27. The molecule has 0 N–H and O–H groups in total. The van der Waals surface area contributed by atoms with Crippen LogP contribution in [0.1, 0.15) is 27.0 Å². The lowest BCUT2D eigenvalue weighted by Crippen LogP contribution is -2.00. The summed E-state index contributed by atoms with van der Waals surface area (Å²) in [6.07, 6.45) is 1.47. The highest BCUT2D eigenvalue weighted by molar-refractivity contribution is 9.10. The lowest BCUT2D eigenvalue weighted by molar-refractivity contribution is 0.0997. The second kappa shape index (κ2) is 5.61. The topological polar surface area (TPSA) is 17.1 Å². The van der Waals surface area contributed by atoms with Gasteiger partial charge in [0, 0.05) is 15.8 Å². The van der Waals surface area contributed by atoms with Gasteiger partial charge in [-0.2, -0.15) is 0 Å². The number of halogens is 1. The van der Waals surface area contributed by atoms with E-state index in [1.807, 2.05) is 36.4 Å². The molecule has 3 heteroatoms. The summed E-state index contributed by atoms with van der Waals surface area (Å²) < 4.78 is 1.02. The molecule has 0 aliphatic carbocycles. The van der Waals surface area contributed by atoms with E-state index in [0.717, 1.165) is 21.3 Å². The molecule has 0 unspecified atom stereocenters. The fourth-order valence-electron chi connectivity index (χ4n) is 1.64. The first-order valence-electron chi connectivity index (χ1n) is 5.55. The first-order chi connectivity index (χ1) is 8.19. The Morgan fingerprint density at radius 1 is 1.29 bits per heavy atom. The second-order valence-corrected chi connectivity index (χ2v) is 5.93. The van der Waals surface area contributed by atoms with E-state index in [2.05, 4.69) is 22.9 Å². The summed E-state index contributed by atoms with van der Waals surface area (Å²) in [7, 11) is 0. The molecule has 0 fully saturated rings. The fourth-order valence-corrected chi connectivity index (χ4v) is 2.97. The van der Waals surface area contributed by atoms with E-state index >= 15 is 0 Å². The summed E-state index contributed by atoms with van der Waals surface area (Å²) in [4.78, 5) is 14.2. The van der Waals surface area contributed by atoms with Gasteiger partial charge in [-0.1, -0.05) is 35.0 Å². The summed E-state index contributed by atoms with van der Waals surface area (Å²) >= 11 is 5.02. The van der Waals surface area contributed by atoms with Crippen LogP contribution < -0.4 is 0 Å². The summed E-state index contributed by atoms with van der Waals surface area (Å²) in [5.74, 6) is 0.202. The molecule has 0 saturated heterocycles. The Kier molecular flexibility index (Phi) is 4.13. The molecule has 0 amide bonds. The summed E-state index contributed by atoms with van der Waals surface area (Å²) in [5.41, 5.74) is 1.05. The van der Waals surface area contributed by atoms with Crippen molar-refractivity contribution in [1.82, 2.24) is 0 Å². The normalized spacial score (nSPS) is 10.5. The number of aryl methyl sites for hydroxylation is 1. The highest BCUT2D eigenvalue weighted by Gasteiger charge is 2.09. The maximum absolute atomic E-state index is 12.0. The molecule has 0 aliphatic heterocycles. The van der Waals surface area contributed by atoms with Gasteiger partial charge in [0.1, 0.15) is 0 Å². The van der Waals surface area contributed by atoms with Crippen molar-refractivity contribution in [3.63, 3.8) is 0 Å². The Labute approximate surface area is 114 Å². The van der Waals surface area contributed by atoms with Crippen LogP contribution in [0.5, 0.6) is 0 Å². The molecule has 2 rings (SSSR count). The zero-order valence-corrected chi connectivity index (χ0v) is 12.0. The van der Waals surface area contributed by atoms with Gasteiger partial charge >= 0.3 is 0 Å². The van der Waals surface area contributed by atoms with Gasteiger partial charge in [0.2, 0.25) is 0 Å². The predicted molar refractivity (Wildman–Crippen MR) is 75.9 cm³/mol. The number of rotatable bonds is 4. The molecular weight excluding hydrogens is 296 g/mol. The van der Waals surface area contributed by atoms with Crippen LogP contribution in [0.2, 0.25) is 0 Å². The summed E-state index contributed by atoms with van der Waals surface area (Å²) in [6, 6.07) is 11.9. The Bertz CT molecular complexity index is 531. The first-order valence-corrected chi connectivity index (χ1v) is 7.16. The Hall–Kier alpha value is -0.930. The summed E-state index contributed by atoms with van der Waals surface area (Å²) in [5, 5.41) is 0. The third-order valence-corrected chi connectivity index (χ3v) is 4.30. The van der Waals surface area contributed by atoms with E-state index in [0.29, 0.717) is 6.42 Å². The molecule has 1 nitrogen and oxygen atoms in total. The molecular formula is C14H13BrOS. The molecule has 0 atom stereocenters. The van der Waals surface area contributed by atoms with Gasteiger partial charge in [-0.3, -0.25) is 4.79 Å². The van der Waals surface area contributed by atoms with Gasteiger partial charge in [0.25, 0.3) is 0 Å². The molecule has 1 aromatic carbocycles. The molecule has 0 saturated carbocycles. The monoisotopic (exact) mass is 308 g/mol. The van der Waals surface area contributed by atoms with Crippen LogP contribution in [0, 0.1) is 0 Å². The average Bonchev–Trinajstić information content (AvgIpc) is 2.77. The minimum atomic E-state index is 0.202. The van der Waals surface area contributed by atoms with Crippen LogP contribution in [0.4, 0.5) is 0 Å². The molecule has 88 valence electrons. The minimum absolute atomic E-state index is 0.202. The van der Waals surface area contributed by atoms with E-state index in [1.54, 1.807) is 11.3 Å². The van der Waals surface area contributed by atoms with Crippen LogP contribution in [-0.2, 0) is 12.8 Å². The standard InChI is InChI=1S/C14H13BrOS/c1-2-12-6-7-14(17-12)13(16)9-10-4-3-5-11(15)8-10/h3-8H,2,9H2,1H3. The highest BCUT2D eigenvalue weighted by atomic mass is 79.9. The van der Waals surface area contributed by atoms with Crippen molar-refractivity contribution in [2.45, 2.75) is 19.8 Å². The van der Waals surface area contributed by atoms with E-state index < -0.39 is 0 Å². The number of hydrogen-bond donors (Lipinski definition) is 0. The molecule has 1 aromatic heterocycles. The Morgan fingerprint density at radius 3 is 2.76 bits per heavy atom. The van der Waals surface area contributed by atoms with Crippen LogP contribution in [0.3, 0.4) is 0 Å². The highest BCUT2D eigenvalue weighted by Crippen LogP contribution is 2.20. The number of thiophene rings is 1. The van der Waals surface area contributed by atoms with Crippen LogP contribution in [0.25, 0.3) is 0 Å². The van der Waals surface area contributed by atoms with Crippen molar-refractivity contribution in [3.05, 3.63) is 56.2 Å². The van der Waals surface area contributed by atoms with Crippen LogP contribution >= 0.6 is 27.3 Å². The van der Waals surface area contributed by atoms with Gasteiger partial charge in [-0.25, -0.2) is 0 Å². The van der Waals surface area contributed by atoms with Crippen LogP contribution in [-0.4, -0.2) is 5.78 Å². The molecule has 2 aromatic rings. The number of ketones is 1. The van der Waals surface area contributed by atoms with Crippen molar-refractivity contribution in [2.75, 3.05) is 0 Å². The number of carbonyl (C=O) groups excluding carboxylic acids is 1. The maximum Gasteiger partial charge on any atom is 0.177 e. The van der Waals surface area contributed by atoms with Crippen molar-refractivity contribution >= 4 is 33.0 Å². The van der Waals surface area contributed by atoms with Crippen molar-refractivity contribution < 1.29 is 4.79 Å². The Morgan fingerprint density at radius 2 is 2.12 bits per heavy atom. The molecule has 1 heterocycles. The molecule has 0 radical (unpaired) electrons. The fraction of sp³-hybridized carbons (Fsp3) is 0.214. The number of carbonyl (C=O) groups is 1. The number of hydrogen-bond acceptors (Lipinski definition) is 2. The lowest BCUT2D eigenvalue weighted by Gasteiger charge is -1.99. The maximum atomic E-state index is 12.0.